The molecule has 0 bridgehead atoms. The van der Waals surface area contributed by atoms with Gasteiger partial charge in [-0.25, -0.2) is 9.97 Å². The molecule has 0 spiro atoms. The predicted molar refractivity (Wildman–Crippen MR) is 95.0 cm³/mol. The van der Waals surface area contributed by atoms with Gasteiger partial charge in [0, 0.05) is 57.7 Å². The molecule has 4 heterocycles. The molecular weight excluding hydrogens is 348 g/mol. The molecule has 27 heavy (non-hydrogen) atoms. The highest BCUT2D eigenvalue weighted by Gasteiger charge is 2.36. The average molecular weight is 366 g/mol. The number of hydrogen-bond acceptors (Lipinski definition) is 7. The number of fused-ring (bicyclic) bond motifs is 1. The summed E-state index contributed by atoms with van der Waals surface area (Å²) in [6, 6.07) is 4.96. The highest BCUT2D eigenvalue weighted by molar-refractivity contribution is 6.20. The second-order valence-corrected chi connectivity index (χ2v) is 6.33. The van der Waals surface area contributed by atoms with Crippen LogP contribution < -0.4 is 4.90 Å². The van der Waals surface area contributed by atoms with Crippen molar-refractivity contribution in [3.63, 3.8) is 0 Å². The van der Waals surface area contributed by atoms with Crippen molar-refractivity contribution in [2.45, 2.75) is 6.42 Å². The van der Waals surface area contributed by atoms with E-state index in [-0.39, 0.29) is 30.5 Å². The summed E-state index contributed by atoms with van der Waals surface area (Å²) in [5, 5.41) is 0. The number of pyridine rings is 1. The molecule has 2 aliphatic rings. The quantitative estimate of drug-likeness (QED) is 0.713. The number of aromatic nitrogens is 3. The van der Waals surface area contributed by atoms with Gasteiger partial charge in [0.25, 0.3) is 11.8 Å². The molecular formula is C18H18N6O3. The van der Waals surface area contributed by atoms with Gasteiger partial charge in [0.2, 0.25) is 11.9 Å². The number of amides is 3. The van der Waals surface area contributed by atoms with Crippen LogP contribution in [0.25, 0.3) is 0 Å². The SMILES string of the molecule is O=C(CCN1C(=O)c2cccnc2C1=O)N1CCN(c2ncccn2)CC1. The molecule has 3 amide bonds. The van der Waals surface area contributed by atoms with Gasteiger partial charge in [-0.1, -0.05) is 0 Å². The van der Waals surface area contributed by atoms with Crippen molar-refractivity contribution >= 4 is 23.7 Å². The summed E-state index contributed by atoms with van der Waals surface area (Å²) in [4.78, 5) is 54.4. The molecule has 4 rings (SSSR count). The summed E-state index contributed by atoms with van der Waals surface area (Å²) in [5.74, 6) is -0.243. The highest BCUT2D eigenvalue weighted by atomic mass is 16.2. The summed E-state index contributed by atoms with van der Waals surface area (Å²) in [5.41, 5.74) is 0.456. The van der Waals surface area contributed by atoms with Gasteiger partial charge in [0.15, 0.2) is 0 Å². The van der Waals surface area contributed by atoms with E-state index in [0.717, 1.165) is 4.90 Å². The van der Waals surface area contributed by atoms with E-state index in [2.05, 4.69) is 15.0 Å². The second-order valence-electron chi connectivity index (χ2n) is 6.33. The maximum absolute atomic E-state index is 12.5. The lowest BCUT2D eigenvalue weighted by molar-refractivity contribution is -0.131. The first-order valence-corrected chi connectivity index (χ1v) is 8.76. The molecule has 0 N–H and O–H groups in total. The first-order chi connectivity index (χ1) is 13.1. The third kappa shape index (κ3) is 3.23. The van der Waals surface area contributed by atoms with Crippen LogP contribution in [0.3, 0.4) is 0 Å². The van der Waals surface area contributed by atoms with Crippen molar-refractivity contribution in [3.05, 3.63) is 48.0 Å². The van der Waals surface area contributed by atoms with E-state index >= 15 is 0 Å². The second kappa shape index (κ2) is 7.10. The smallest absolute Gasteiger partial charge is 0.280 e. The van der Waals surface area contributed by atoms with Crippen LogP contribution in [-0.4, -0.2) is 75.2 Å². The molecule has 0 aromatic carbocycles. The summed E-state index contributed by atoms with van der Waals surface area (Å²) < 4.78 is 0. The number of rotatable bonds is 4. The molecule has 138 valence electrons. The van der Waals surface area contributed by atoms with Crippen molar-refractivity contribution in [3.8, 4) is 0 Å². The third-order valence-electron chi connectivity index (χ3n) is 4.75. The minimum absolute atomic E-state index is 0.0644. The Kier molecular flexibility index (Phi) is 4.49. The molecule has 2 aliphatic heterocycles. The van der Waals surface area contributed by atoms with Crippen molar-refractivity contribution in [2.24, 2.45) is 0 Å². The van der Waals surface area contributed by atoms with Gasteiger partial charge in [-0.2, -0.15) is 0 Å². The maximum atomic E-state index is 12.5. The van der Waals surface area contributed by atoms with E-state index in [9.17, 15) is 14.4 Å². The normalized spacial score (nSPS) is 16.7. The fraction of sp³-hybridized carbons (Fsp3) is 0.333. The number of imide groups is 1. The largest absolute Gasteiger partial charge is 0.339 e. The molecule has 9 nitrogen and oxygen atoms in total. The van der Waals surface area contributed by atoms with Crippen LogP contribution in [0.1, 0.15) is 27.3 Å². The van der Waals surface area contributed by atoms with E-state index in [1.165, 1.54) is 6.20 Å². The molecule has 2 aromatic heterocycles. The minimum atomic E-state index is -0.436. The Bertz CT molecular complexity index is 845. The summed E-state index contributed by atoms with van der Waals surface area (Å²) >= 11 is 0. The number of hydrogen-bond donors (Lipinski definition) is 0. The van der Waals surface area contributed by atoms with Crippen molar-refractivity contribution in [2.75, 3.05) is 37.6 Å². The monoisotopic (exact) mass is 366 g/mol. The Hall–Kier alpha value is -3.36. The number of carbonyl (C=O) groups is 3. The van der Waals surface area contributed by atoms with Crippen LogP contribution in [0, 0.1) is 0 Å². The Morgan fingerprint density at radius 1 is 0.926 bits per heavy atom. The topological polar surface area (TPSA) is 99.6 Å². The van der Waals surface area contributed by atoms with Crippen molar-refractivity contribution < 1.29 is 14.4 Å². The zero-order chi connectivity index (χ0) is 18.8. The van der Waals surface area contributed by atoms with Crippen LogP contribution in [0.2, 0.25) is 0 Å². The Morgan fingerprint density at radius 2 is 1.63 bits per heavy atom. The van der Waals surface area contributed by atoms with E-state index in [1.54, 1.807) is 35.5 Å². The van der Waals surface area contributed by atoms with E-state index in [0.29, 0.717) is 37.7 Å². The zero-order valence-electron chi connectivity index (χ0n) is 14.6. The van der Waals surface area contributed by atoms with Crippen LogP contribution in [0.15, 0.2) is 36.8 Å². The number of anilines is 1. The van der Waals surface area contributed by atoms with Crippen LogP contribution >= 0.6 is 0 Å². The minimum Gasteiger partial charge on any atom is -0.339 e. The van der Waals surface area contributed by atoms with Gasteiger partial charge in [-0.15, -0.1) is 0 Å². The molecule has 0 atom stereocenters. The third-order valence-corrected chi connectivity index (χ3v) is 4.75. The van der Waals surface area contributed by atoms with Gasteiger partial charge < -0.3 is 9.80 Å². The number of carbonyl (C=O) groups excluding carboxylic acids is 3. The summed E-state index contributed by atoms with van der Waals surface area (Å²) in [7, 11) is 0. The van der Waals surface area contributed by atoms with Crippen molar-refractivity contribution in [1.29, 1.82) is 0 Å². The zero-order valence-corrected chi connectivity index (χ0v) is 14.6. The molecule has 0 unspecified atom stereocenters. The highest BCUT2D eigenvalue weighted by Crippen LogP contribution is 2.20. The first-order valence-electron chi connectivity index (χ1n) is 8.76. The Morgan fingerprint density at radius 3 is 2.33 bits per heavy atom. The van der Waals surface area contributed by atoms with Gasteiger partial charge in [0.05, 0.1) is 5.56 Å². The Balaban J connectivity index is 1.31. The van der Waals surface area contributed by atoms with E-state index in [4.69, 9.17) is 0 Å². The first kappa shape index (κ1) is 17.1. The Labute approximate surface area is 155 Å². The standard InChI is InChI=1S/C18H18N6O3/c25-14(22-9-11-23(12-10-22)18-20-6-2-7-21-18)4-8-24-16(26)13-3-1-5-19-15(13)17(24)27/h1-3,5-7H,4,8-12H2. The molecule has 1 saturated heterocycles. The van der Waals surface area contributed by atoms with E-state index in [1.807, 2.05) is 4.90 Å². The van der Waals surface area contributed by atoms with E-state index < -0.39 is 5.91 Å². The van der Waals surface area contributed by atoms with Crippen LogP contribution in [-0.2, 0) is 4.79 Å². The average Bonchev–Trinajstić information content (AvgIpc) is 2.97. The van der Waals surface area contributed by atoms with Crippen LogP contribution in [0.5, 0.6) is 0 Å². The molecule has 2 aromatic rings. The van der Waals surface area contributed by atoms with Gasteiger partial charge >= 0.3 is 0 Å². The summed E-state index contributed by atoms with van der Waals surface area (Å²) in [6.07, 6.45) is 4.97. The fourth-order valence-corrected chi connectivity index (χ4v) is 3.29. The van der Waals surface area contributed by atoms with Crippen LogP contribution in [0.4, 0.5) is 5.95 Å². The molecule has 0 aliphatic carbocycles. The molecule has 1 fully saturated rings. The molecule has 0 radical (unpaired) electrons. The lowest BCUT2D eigenvalue weighted by atomic mass is 10.2. The molecule has 9 heteroatoms. The predicted octanol–water partition coefficient (Wildman–Crippen LogP) is 0.206. The summed E-state index contributed by atoms with van der Waals surface area (Å²) in [6.45, 7) is 2.47. The lowest BCUT2D eigenvalue weighted by Crippen LogP contribution is -2.49. The van der Waals surface area contributed by atoms with Gasteiger partial charge in [-0.05, 0) is 18.2 Å². The van der Waals surface area contributed by atoms with Gasteiger partial charge in [0.1, 0.15) is 5.69 Å². The lowest BCUT2D eigenvalue weighted by Gasteiger charge is -2.34. The van der Waals surface area contributed by atoms with Gasteiger partial charge in [-0.3, -0.25) is 24.3 Å². The molecule has 0 saturated carbocycles. The maximum Gasteiger partial charge on any atom is 0.280 e. The van der Waals surface area contributed by atoms with Crippen molar-refractivity contribution in [1.82, 2.24) is 24.8 Å². The fourth-order valence-electron chi connectivity index (χ4n) is 3.29. The number of piperazine rings is 1. The number of nitrogens with zero attached hydrogens (tertiary/aromatic N) is 6.